The molecule has 148 valence electrons. The Morgan fingerprint density at radius 1 is 0.966 bits per heavy atom. The Kier molecular flexibility index (Phi) is 5.74. The smallest absolute Gasteiger partial charge is 0.269 e. The molecule has 0 radical (unpaired) electrons. The zero-order chi connectivity index (χ0) is 21.0. The number of sulfonamides is 1. The number of aryl methyl sites for hydroxylation is 2. The topological polar surface area (TPSA) is 102 Å². The molecular formula is C21H19N3O4S. The molecule has 0 aliphatic rings. The van der Waals surface area contributed by atoms with Gasteiger partial charge in [0.15, 0.2) is 0 Å². The van der Waals surface area contributed by atoms with Crippen LogP contribution in [0.1, 0.15) is 16.7 Å². The number of anilines is 1. The van der Waals surface area contributed by atoms with E-state index in [-0.39, 0.29) is 10.6 Å². The minimum Gasteiger partial charge on any atom is -0.279 e. The number of hydrogen-bond acceptors (Lipinski definition) is 5. The number of nitrogens with one attached hydrogen (secondary N) is 1. The summed E-state index contributed by atoms with van der Waals surface area (Å²) in [6.07, 6.45) is 1.56. The van der Waals surface area contributed by atoms with Crippen LogP contribution in [0.5, 0.6) is 0 Å². The van der Waals surface area contributed by atoms with Gasteiger partial charge in [-0.15, -0.1) is 0 Å². The van der Waals surface area contributed by atoms with Crippen LogP contribution in [-0.4, -0.2) is 19.6 Å². The number of benzene rings is 3. The van der Waals surface area contributed by atoms with Gasteiger partial charge in [-0.1, -0.05) is 17.7 Å². The normalized spacial score (nSPS) is 11.5. The van der Waals surface area contributed by atoms with Crippen molar-refractivity contribution in [3.63, 3.8) is 0 Å². The Labute approximate surface area is 168 Å². The molecule has 0 aromatic heterocycles. The van der Waals surface area contributed by atoms with Crippen LogP contribution in [0.2, 0.25) is 0 Å². The molecule has 0 aliphatic heterocycles. The maximum atomic E-state index is 12.6. The van der Waals surface area contributed by atoms with E-state index in [9.17, 15) is 18.5 Å². The number of nitro benzene ring substituents is 1. The number of rotatable bonds is 6. The van der Waals surface area contributed by atoms with Crippen molar-refractivity contribution in [3.05, 3.63) is 93.5 Å². The van der Waals surface area contributed by atoms with E-state index in [1.54, 1.807) is 36.5 Å². The van der Waals surface area contributed by atoms with Crippen LogP contribution in [0.3, 0.4) is 0 Å². The van der Waals surface area contributed by atoms with Crippen LogP contribution < -0.4 is 4.72 Å². The summed E-state index contributed by atoms with van der Waals surface area (Å²) >= 11 is 0. The van der Waals surface area contributed by atoms with Gasteiger partial charge in [-0.05, 0) is 67.4 Å². The summed E-state index contributed by atoms with van der Waals surface area (Å²) in [6.45, 7) is 3.79. The molecule has 8 heteroatoms. The molecule has 3 rings (SSSR count). The lowest BCUT2D eigenvalue weighted by atomic mass is 10.1. The van der Waals surface area contributed by atoms with Crippen molar-refractivity contribution in [2.75, 3.05) is 4.72 Å². The number of nitrogens with zero attached hydrogens (tertiary/aromatic N) is 2. The minimum absolute atomic E-state index is 0.00743. The molecule has 0 unspecified atom stereocenters. The first-order valence-electron chi connectivity index (χ1n) is 8.73. The fraction of sp³-hybridized carbons (Fsp3) is 0.0952. The van der Waals surface area contributed by atoms with E-state index in [2.05, 4.69) is 9.71 Å². The molecule has 3 aromatic rings. The van der Waals surface area contributed by atoms with Gasteiger partial charge in [-0.25, -0.2) is 8.42 Å². The summed E-state index contributed by atoms with van der Waals surface area (Å²) in [4.78, 5) is 14.6. The molecular weight excluding hydrogens is 390 g/mol. The lowest BCUT2D eigenvalue weighted by Gasteiger charge is -2.11. The molecule has 29 heavy (non-hydrogen) atoms. The third-order valence-corrected chi connectivity index (χ3v) is 5.62. The first kappa shape index (κ1) is 20.2. The number of nitro groups is 1. The quantitative estimate of drug-likeness (QED) is 0.360. The number of hydrogen-bond donors (Lipinski definition) is 1. The van der Waals surface area contributed by atoms with Crippen LogP contribution in [0.4, 0.5) is 17.1 Å². The SMILES string of the molecule is Cc1ccc(NS(=O)(=O)c2ccc(N=Cc3ccc([N+](=O)[O-])cc3)cc2)c(C)c1. The first-order valence-corrected chi connectivity index (χ1v) is 10.2. The largest absolute Gasteiger partial charge is 0.279 e. The summed E-state index contributed by atoms with van der Waals surface area (Å²) in [6, 6.07) is 17.6. The first-order chi connectivity index (χ1) is 13.7. The van der Waals surface area contributed by atoms with Crippen molar-refractivity contribution in [2.45, 2.75) is 18.7 Å². The van der Waals surface area contributed by atoms with Crippen molar-refractivity contribution >= 4 is 33.3 Å². The standard InChI is InChI=1S/C21H19N3O4S/c1-15-3-12-21(16(2)13-15)23-29(27,28)20-10-6-18(7-11-20)22-14-17-4-8-19(9-5-17)24(25)26/h3-14,23H,1-2H3. The minimum atomic E-state index is -3.71. The summed E-state index contributed by atoms with van der Waals surface area (Å²) in [5.74, 6) is 0. The van der Waals surface area contributed by atoms with Crippen molar-refractivity contribution in [3.8, 4) is 0 Å². The highest BCUT2D eigenvalue weighted by Crippen LogP contribution is 2.22. The summed E-state index contributed by atoms with van der Waals surface area (Å²) in [7, 11) is -3.71. The van der Waals surface area contributed by atoms with Gasteiger partial charge < -0.3 is 0 Å². The van der Waals surface area contributed by atoms with E-state index in [1.165, 1.54) is 24.3 Å². The average Bonchev–Trinajstić information content (AvgIpc) is 2.69. The molecule has 0 atom stereocenters. The predicted molar refractivity (Wildman–Crippen MR) is 114 cm³/mol. The van der Waals surface area contributed by atoms with Gasteiger partial charge in [0, 0.05) is 18.3 Å². The summed E-state index contributed by atoms with van der Waals surface area (Å²) < 4.78 is 27.8. The van der Waals surface area contributed by atoms with E-state index in [4.69, 9.17) is 0 Å². The van der Waals surface area contributed by atoms with E-state index in [0.717, 1.165) is 11.1 Å². The van der Waals surface area contributed by atoms with Gasteiger partial charge in [0.2, 0.25) is 0 Å². The van der Waals surface area contributed by atoms with E-state index in [1.807, 2.05) is 26.0 Å². The second kappa shape index (κ2) is 8.24. The fourth-order valence-electron chi connectivity index (χ4n) is 2.67. The maximum Gasteiger partial charge on any atom is 0.269 e. The molecule has 0 saturated carbocycles. The number of non-ortho nitro benzene ring substituents is 1. The van der Waals surface area contributed by atoms with Gasteiger partial charge >= 0.3 is 0 Å². The predicted octanol–water partition coefficient (Wildman–Crippen LogP) is 4.76. The monoisotopic (exact) mass is 409 g/mol. The second-order valence-corrected chi connectivity index (χ2v) is 8.21. The Morgan fingerprint density at radius 2 is 1.62 bits per heavy atom. The Balaban J connectivity index is 1.74. The summed E-state index contributed by atoms with van der Waals surface area (Å²) in [5.41, 5.74) is 3.71. The molecule has 0 heterocycles. The van der Waals surface area contributed by atoms with E-state index >= 15 is 0 Å². The molecule has 3 aromatic carbocycles. The third-order valence-electron chi connectivity index (χ3n) is 4.24. The van der Waals surface area contributed by atoms with Gasteiger partial charge in [-0.2, -0.15) is 0 Å². The molecule has 0 saturated heterocycles. The van der Waals surface area contributed by atoms with Crippen molar-refractivity contribution in [1.29, 1.82) is 0 Å². The van der Waals surface area contributed by atoms with Crippen LogP contribution in [-0.2, 0) is 10.0 Å². The van der Waals surface area contributed by atoms with E-state index < -0.39 is 14.9 Å². The molecule has 0 fully saturated rings. The highest BCUT2D eigenvalue weighted by molar-refractivity contribution is 7.92. The molecule has 0 bridgehead atoms. The zero-order valence-corrected chi connectivity index (χ0v) is 16.7. The summed E-state index contributed by atoms with van der Waals surface area (Å²) in [5, 5.41) is 10.7. The van der Waals surface area contributed by atoms with Gasteiger partial charge in [0.25, 0.3) is 15.7 Å². The Bertz CT molecular complexity index is 1170. The van der Waals surface area contributed by atoms with Crippen LogP contribution in [0, 0.1) is 24.0 Å². The van der Waals surface area contributed by atoms with Gasteiger partial charge in [0.1, 0.15) is 0 Å². The van der Waals surface area contributed by atoms with Crippen LogP contribution in [0.15, 0.2) is 76.6 Å². The van der Waals surface area contributed by atoms with Gasteiger partial charge in [-0.3, -0.25) is 19.8 Å². The molecule has 1 N–H and O–H groups in total. The van der Waals surface area contributed by atoms with Crippen molar-refractivity contribution in [1.82, 2.24) is 0 Å². The van der Waals surface area contributed by atoms with Crippen molar-refractivity contribution < 1.29 is 13.3 Å². The van der Waals surface area contributed by atoms with Crippen LogP contribution >= 0.6 is 0 Å². The molecule has 0 aliphatic carbocycles. The third kappa shape index (κ3) is 5.05. The second-order valence-electron chi connectivity index (χ2n) is 6.52. The highest BCUT2D eigenvalue weighted by Gasteiger charge is 2.15. The lowest BCUT2D eigenvalue weighted by molar-refractivity contribution is -0.384. The molecule has 7 nitrogen and oxygen atoms in total. The highest BCUT2D eigenvalue weighted by atomic mass is 32.2. The van der Waals surface area contributed by atoms with Gasteiger partial charge in [0.05, 0.1) is 21.2 Å². The molecule has 0 spiro atoms. The maximum absolute atomic E-state index is 12.6. The molecule has 0 amide bonds. The Hall–Kier alpha value is -3.52. The van der Waals surface area contributed by atoms with E-state index in [0.29, 0.717) is 16.9 Å². The number of aliphatic imine (C=N–C) groups is 1. The van der Waals surface area contributed by atoms with Crippen molar-refractivity contribution in [2.24, 2.45) is 4.99 Å². The average molecular weight is 409 g/mol. The lowest BCUT2D eigenvalue weighted by Crippen LogP contribution is -2.13. The Morgan fingerprint density at radius 3 is 2.21 bits per heavy atom. The fourth-order valence-corrected chi connectivity index (χ4v) is 3.81. The zero-order valence-electron chi connectivity index (χ0n) is 15.9. The van der Waals surface area contributed by atoms with Crippen LogP contribution in [0.25, 0.3) is 0 Å².